The zero-order valence-corrected chi connectivity index (χ0v) is 14.3. The van der Waals surface area contributed by atoms with Crippen LogP contribution in [0.5, 0.6) is 5.88 Å². The lowest BCUT2D eigenvalue weighted by atomic mass is 9.96. The molecule has 1 aliphatic rings. The Morgan fingerprint density at radius 1 is 1.42 bits per heavy atom. The van der Waals surface area contributed by atoms with Gasteiger partial charge in [-0.05, 0) is 38.8 Å². The Kier molecular flexibility index (Phi) is 4.78. The second kappa shape index (κ2) is 6.98. The molecule has 1 saturated heterocycles. The van der Waals surface area contributed by atoms with Gasteiger partial charge in [0.1, 0.15) is 17.7 Å². The zero-order chi connectivity index (χ0) is 17.1. The summed E-state index contributed by atoms with van der Waals surface area (Å²) in [4.78, 5) is 18.9. The largest absolute Gasteiger partial charge is 0.480 e. The van der Waals surface area contributed by atoms with Crippen LogP contribution in [-0.4, -0.2) is 50.8 Å². The number of carbonyl (C=O) groups is 1. The highest BCUT2D eigenvalue weighted by Crippen LogP contribution is 2.28. The molecule has 7 nitrogen and oxygen atoms in total. The predicted molar refractivity (Wildman–Crippen MR) is 89.1 cm³/mol. The number of methoxy groups -OCH3 is 1. The lowest BCUT2D eigenvalue weighted by Gasteiger charge is -2.33. The van der Waals surface area contributed by atoms with Gasteiger partial charge in [0, 0.05) is 31.2 Å². The highest BCUT2D eigenvalue weighted by Gasteiger charge is 2.30. The third kappa shape index (κ3) is 3.11. The van der Waals surface area contributed by atoms with Crippen molar-refractivity contribution in [2.45, 2.75) is 38.6 Å². The van der Waals surface area contributed by atoms with Crippen LogP contribution < -0.4 is 4.74 Å². The van der Waals surface area contributed by atoms with Crippen LogP contribution in [-0.2, 0) is 0 Å². The minimum absolute atomic E-state index is 0.0414. The molecule has 1 fully saturated rings. The minimum atomic E-state index is -0.0414. The summed E-state index contributed by atoms with van der Waals surface area (Å²) in [5.41, 5.74) is 0.506. The van der Waals surface area contributed by atoms with Gasteiger partial charge in [0.25, 0.3) is 5.91 Å². The Morgan fingerprint density at radius 3 is 3.00 bits per heavy atom. The Balaban J connectivity index is 1.80. The Morgan fingerprint density at radius 2 is 2.25 bits per heavy atom. The van der Waals surface area contributed by atoms with Crippen LogP contribution in [0.4, 0.5) is 0 Å². The van der Waals surface area contributed by atoms with Crippen molar-refractivity contribution in [2.75, 3.05) is 20.2 Å². The molecule has 0 N–H and O–H groups in total. The third-order valence-electron chi connectivity index (χ3n) is 4.43. The molecule has 1 atom stereocenters. The fourth-order valence-corrected chi connectivity index (χ4v) is 3.20. The maximum atomic E-state index is 12.9. The number of amides is 1. The lowest BCUT2D eigenvalue weighted by molar-refractivity contribution is 0.0698. The van der Waals surface area contributed by atoms with Crippen molar-refractivity contribution in [3.8, 4) is 5.88 Å². The summed E-state index contributed by atoms with van der Waals surface area (Å²) < 4.78 is 7.31. The summed E-state index contributed by atoms with van der Waals surface area (Å²) in [6.45, 7) is 5.60. The first-order valence-electron chi connectivity index (χ1n) is 8.29. The highest BCUT2D eigenvalue weighted by atomic mass is 16.5. The Bertz CT molecular complexity index is 713. The summed E-state index contributed by atoms with van der Waals surface area (Å²) in [6, 6.07) is 3.82. The van der Waals surface area contributed by atoms with E-state index in [2.05, 4.69) is 33.6 Å². The number of likely N-dealkylation sites (tertiary alicyclic amines) is 1. The second-order valence-corrected chi connectivity index (χ2v) is 6.34. The maximum absolute atomic E-state index is 12.9. The predicted octanol–water partition coefficient (Wildman–Crippen LogP) is 2.28. The number of rotatable bonds is 4. The van der Waals surface area contributed by atoms with Gasteiger partial charge >= 0.3 is 0 Å². The summed E-state index contributed by atoms with van der Waals surface area (Å²) in [5.74, 6) is 1.49. The van der Waals surface area contributed by atoms with E-state index in [4.69, 9.17) is 4.74 Å². The number of pyridine rings is 1. The minimum Gasteiger partial charge on any atom is -0.480 e. The molecule has 24 heavy (non-hydrogen) atoms. The van der Waals surface area contributed by atoms with Gasteiger partial charge in [-0.25, -0.2) is 4.98 Å². The standard InChI is InChI=1S/C17H23N5O2/c1-12(2)22-11-19-20-15(22)13-6-5-9-21(10-13)17(23)14-7-4-8-18-16(14)24-3/h4,7-8,11-13H,5-6,9-10H2,1-3H3/t13-/m1/s1. The van der Waals surface area contributed by atoms with Crippen LogP contribution in [0.2, 0.25) is 0 Å². The van der Waals surface area contributed by atoms with Gasteiger partial charge in [0.05, 0.1) is 7.11 Å². The number of hydrogen-bond donors (Lipinski definition) is 0. The molecule has 7 heteroatoms. The average Bonchev–Trinajstić information content (AvgIpc) is 3.11. The van der Waals surface area contributed by atoms with Gasteiger partial charge in [-0.3, -0.25) is 4.79 Å². The molecule has 2 aromatic heterocycles. The average molecular weight is 329 g/mol. The molecule has 0 unspecified atom stereocenters. The SMILES string of the molecule is COc1ncccc1C(=O)N1CCC[C@@H](c2nncn2C(C)C)C1. The van der Waals surface area contributed by atoms with Crippen LogP contribution in [0.15, 0.2) is 24.7 Å². The number of carbonyl (C=O) groups excluding carboxylic acids is 1. The van der Waals surface area contributed by atoms with Gasteiger partial charge in [0.15, 0.2) is 0 Å². The summed E-state index contributed by atoms with van der Waals surface area (Å²) in [7, 11) is 1.53. The third-order valence-corrected chi connectivity index (χ3v) is 4.43. The van der Waals surface area contributed by atoms with Crippen molar-refractivity contribution in [1.29, 1.82) is 0 Å². The molecule has 0 spiro atoms. The van der Waals surface area contributed by atoms with Crippen molar-refractivity contribution in [2.24, 2.45) is 0 Å². The summed E-state index contributed by atoms with van der Waals surface area (Å²) in [5, 5.41) is 8.35. The van der Waals surface area contributed by atoms with Crippen molar-refractivity contribution in [3.63, 3.8) is 0 Å². The number of piperidine rings is 1. The molecular formula is C17H23N5O2. The first kappa shape index (κ1) is 16.4. The molecule has 3 heterocycles. The van der Waals surface area contributed by atoms with Gasteiger partial charge in [-0.2, -0.15) is 0 Å². The van der Waals surface area contributed by atoms with Gasteiger partial charge in [0.2, 0.25) is 5.88 Å². The van der Waals surface area contributed by atoms with E-state index in [1.54, 1.807) is 24.7 Å². The van der Waals surface area contributed by atoms with E-state index in [9.17, 15) is 4.79 Å². The maximum Gasteiger partial charge on any atom is 0.259 e. The molecular weight excluding hydrogens is 306 g/mol. The molecule has 1 aliphatic heterocycles. The fraction of sp³-hybridized carbons (Fsp3) is 0.529. The monoisotopic (exact) mass is 329 g/mol. The van der Waals surface area contributed by atoms with Crippen LogP contribution in [0.1, 0.15) is 54.8 Å². The van der Waals surface area contributed by atoms with Crippen molar-refractivity contribution in [1.82, 2.24) is 24.6 Å². The van der Waals surface area contributed by atoms with E-state index in [1.165, 1.54) is 7.11 Å². The Hall–Kier alpha value is -2.44. The number of hydrogen-bond acceptors (Lipinski definition) is 5. The molecule has 128 valence electrons. The van der Waals surface area contributed by atoms with Crippen molar-refractivity contribution < 1.29 is 9.53 Å². The lowest BCUT2D eigenvalue weighted by Crippen LogP contribution is -2.40. The molecule has 3 rings (SSSR count). The van der Waals surface area contributed by atoms with Gasteiger partial charge in [-0.1, -0.05) is 0 Å². The van der Waals surface area contributed by atoms with Gasteiger partial charge < -0.3 is 14.2 Å². The first-order chi connectivity index (χ1) is 11.6. The molecule has 0 aromatic carbocycles. The van der Waals surface area contributed by atoms with E-state index >= 15 is 0 Å². The Labute approximate surface area is 141 Å². The van der Waals surface area contributed by atoms with Crippen molar-refractivity contribution >= 4 is 5.91 Å². The topological polar surface area (TPSA) is 73.1 Å². The van der Waals surface area contributed by atoms with Crippen LogP contribution in [0.3, 0.4) is 0 Å². The highest BCUT2D eigenvalue weighted by molar-refractivity contribution is 5.96. The molecule has 0 bridgehead atoms. The van der Waals surface area contributed by atoms with E-state index in [0.29, 0.717) is 24.0 Å². The number of ether oxygens (including phenoxy) is 1. The molecule has 0 radical (unpaired) electrons. The van der Waals surface area contributed by atoms with E-state index in [-0.39, 0.29) is 11.8 Å². The number of aromatic nitrogens is 4. The van der Waals surface area contributed by atoms with Crippen LogP contribution in [0.25, 0.3) is 0 Å². The fourth-order valence-electron chi connectivity index (χ4n) is 3.20. The van der Waals surface area contributed by atoms with Gasteiger partial charge in [-0.15, -0.1) is 10.2 Å². The summed E-state index contributed by atoms with van der Waals surface area (Å²) >= 11 is 0. The first-order valence-corrected chi connectivity index (χ1v) is 8.29. The smallest absolute Gasteiger partial charge is 0.259 e. The van der Waals surface area contributed by atoms with Crippen LogP contribution in [0, 0.1) is 0 Å². The molecule has 1 amide bonds. The zero-order valence-electron chi connectivity index (χ0n) is 14.3. The van der Waals surface area contributed by atoms with Crippen LogP contribution >= 0.6 is 0 Å². The van der Waals surface area contributed by atoms with E-state index in [1.807, 2.05) is 4.90 Å². The molecule has 2 aromatic rings. The van der Waals surface area contributed by atoms with Crippen molar-refractivity contribution in [3.05, 3.63) is 36.0 Å². The quantitative estimate of drug-likeness (QED) is 0.860. The second-order valence-electron chi connectivity index (χ2n) is 6.34. The molecule has 0 aliphatic carbocycles. The summed E-state index contributed by atoms with van der Waals surface area (Å²) in [6.07, 6.45) is 5.36. The van der Waals surface area contributed by atoms with E-state index in [0.717, 1.165) is 25.2 Å². The normalized spacial score (nSPS) is 18.0. The van der Waals surface area contributed by atoms with E-state index < -0.39 is 0 Å². The number of nitrogens with zero attached hydrogens (tertiary/aromatic N) is 5. The molecule has 0 saturated carbocycles.